The summed E-state index contributed by atoms with van der Waals surface area (Å²) in [6.07, 6.45) is 3.13. The van der Waals surface area contributed by atoms with Crippen molar-refractivity contribution in [1.29, 1.82) is 0 Å². The van der Waals surface area contributed by atoms with Crippen molar-refractivity contribution in [3.63, 3.8) is 0 Å². The van der Waals surface area contributed by atoms with E-state index >= 15 is 0 Å². The van der Waals surface area contributed by atoms with Gasteiger partial charge in [0.2, 0.25) is 0 Å². The molecule has 0 atom stereocenters. The molecule has 0 saturated carbocycles. The Hall–Kier alpha value is -1.44. The predicted molar refractivity (Wildman–Crippen MR) is 86.9 cm³/mol. The van der Waals surface area contributed by atoms with Crippen LogP contribution in [0.2, 0.25) is 10.0 Å². The minimum absolute atomic E-state index is 0.719. The van der Waals surface area contributed by atoms with E-state index in [1.807, 2.05) is 18.2 Å². The first-order valence-corrected chi connectivity index (χ1v) is 7.45. The highest BCUT2D eigenvalue weighted by atomic mass is 35.5. The summed E-state index contributed by atoms with van der Waals surface area (Å²) < 4.78 is 2.24. The molecule has 102 valence electrons. The third-order valence-electron chi connectivity index (χ3n) is 3.60. The highest BCUT2D eigenvalue weighted by Crippen LogP contribution is 2.25. The van der Waals surface area contributed by atoms with Gasteiger partial charge in [0.25, 0.3) is 0 Å². The Kier molecular flexibility index (Phi) is 3.73. The second kappa shape index (κ2) is 5.51. The van der Waals surface area contributed by atoms with Crippen molar-refractivity contribution in [2.75, 3.05) is 0 Å². The summed E-state index contributed by atoms with van der Waals surface area (Å²) in [6.45, 7) is 2.92. The zero-order valence-corrected chi connectivity index (χ0v) is 12.7. The number of rotatable bonds is 3. The van der Waals surface area contributed by atoms with Crippen molar-refractivity contribution < 1.29 is 0 Å². The summed E-state index contributed by atoms with van der Waals surface area (Å²) in [7, 11) is 0. The van der Waals surface area contributed by atoms with Crippen LogP contribution in [0.25, 0.3) is 10.9 Å². The summed E-state index contributed by atoms with van der Waals surface area (Å²) in [4.78, 5) is 0. The van der Waals surface area contributed by atoms with Crippen LogP contribution < -0.4 is 0 Å². The molecular formula is C17H15Cl2N. The molecule has 0 amide bonds. The van der Waals surface area contributed by atoms with Gasteiger partial charge in [0, 0.05) is 22.8 Å². The number of hydrogen-bond donors (Lipinski definition) is 0. The monoisotopic (exact) mass is 303 g/mol. The molecule has 0 N–H and O–H groups in total. The molecule has 1 nitrogen and oxygen atoms in total. The summed E-state index contributed by atoms with van der Waals surface area (Å²) in [6, 6.07) is 14.2. The average Bonchev–Trinajstić information content (AvgIpc) is 2.86. The molecule has 1 heterocycles. The quantitative estimate of drug-likeness (QED) is 0.597. The fourth-order valence-corrected chi connectivity index (χ4v) is 2.98. The molecule has 0 radical (unpaired) electrons. The molecule has 0 spiro atoms. The van der Waals surface area contributed by atoms with Crippen molar-refractivity contribution in [3.05, 3.63) is 69.8 Å². The molecule has 0 bridgehead atoms. The molecule has 3 rings (SSSR count). The van der Waals surface area contributed by atoms with Gasteiger partial charge in [-0.2, -0.15) is 0 Å². The van der Waals surface area contributed by atoms with Gasteiger partial charge in [0.1, 0.15) is 0 Å². The lowest BCUT2D eigenvalue weighted by Crippen LogP contribution is -2.00. The molecule has 0 saturated heterocycles. The van der Waals surface area contributed by atoms with E-state index in [0.29, 0.717) is 0 Å². The van der Waals surface area contributed by atoms with Crippen LogP contribution in [-0.4, -0.2) is 4.57 Å². The SMILES string of the molecule is CCc1cccc2ccn(Cc3cc(Cl)ccc3Cl)c12. The standard InChI is InChI=1S/C17H15Cl2N/c1-2-12-4-3-5-13-8-9-20(17(12)13)11-14-10-15(18)6-7-16(14)19/h3-10H,2,11H2,1H3. The third kappa shape index (κ3) is 2.44. The molecule has 0 aliphatic heterocycles. The molecule has 3 aromatic rings. The lowest BCUT2D eigenvalue weighted by molar-refractivity contribution is 0.831. The largest absolute Gasteiger partial charge is 0.343 e. The van der Waals surface area contributed by atoms with Gasteiger partial charge in [0.05, 0.1) is 5.52 Å². The van der Waals surface area contributed by atoms with Crippen molar-refractivity contribution in [2.24, 2.45) is 0 Å². The van der Waals surface area contributed by atoms with Crippen molar-refractivity contribution in [1.82, 2.24) is 4.57 Å². The van der Waals surface area contributed by atoms with E-state index in [4.69, 9.17) is 23.2 Å². The second-order valence-corrected chi connectivity index (χ2v) is 5.73. The molecule has 2 aromatic carbocycles. The van der Waals surface area contributed by atoms with Crippen LogP contribution in [0.1, 0.15) is 18.1 Å². The molecule has 0 aliphatic carbocycles. The van der Waals surface area contributed by atoms with Crippen LogP contribution in [-0.2, 0) is 13.0 Å². The highest BCUT2D eigenvalue weighted by Gasteiger charge is 2.08. The van der Waals surface area contributed by atoms with E-state index in [1.54, 1.807) is 0 Å². The molecule has 0 unspecified atom stereocenters. The Morgan fingerprint density at radius 1 is 1.00 bits per heavy atom. The van der Waals surface area contributed by atoms with Gasteiger partial charge in [0.15, 0.2) is 0 Å². The summed E-state index contributed by atoms with van der Waals surface area (Å²) in [5.41, 5.74) is 3.68. The zero-order chi connectivity index (χ0) is 14.1. The number of aromatic nitrogens is 1. The number of benzene rings is 2. The Morgan fingerprint density at radius 3 is 2.65 bits per heavy atom. The number of hydrogen-bond acceptors (Lipinski definition) is 0. The number of aryl methyl sites for hydroxylation is 1. The maximum absolute atomic E-state index is 6.27. The van der Waals surface area contributed by atoms with Gasteiger partial charge in [-0.25, -0.2) is 0 Å². The predicted octanol–water partition coefficient (Wildman–Crippen LogP) is 5.56. The number of halogens is 2. The minimum atomic E-state index is 0.719. The molecule has 3 heteroatoms. The Balaban J connectivity index is 2.09. The van der Waals surface area contributed by atoms with Crippen molar-refractivity contribution in [2.45, 2.75) is 19.9 Å². The van der Waals surface area contributed by atoms with Crippen LogP contribution in [0.15, 0.2) is 48.7 Å². The fourth-order valence-electron chi connectivity index (χ4n) is 2.61. The van der Waals surface area contributed by atoms with Crippen LogP contribution in [0.3, 0.4) is 0 Å². The summed E-state index contributed by atoms with van der Waals surface area (Å²) in [5.74, 6) is 0. The molecule has 20 heavy (non-hydrogen) atoms. The van der Waals surface area contributed by atoms with E-state index < -0.39 is 0 Å². The number of fused-ring (bicyclic) bond motifs is 1. The minimum Gasteiger partial charge on any atom is -0.343 e. The number of nitrogens with zero attached hydrogens (tertiary/aromatic N) is 1. The van der Waals surface area contributed by atoms with E-state index in [9.17, 15) is 0 Å². The molecule has 0 aliphatic rings. The smallest absolute Gasteiger partial charge is 0.0515 e. The van der Waals surface area contributed by atoms with Gasteiger partial charge in [-0.3, -0.25) is 0 Å². The second-order valence-electron chi connectivity index (χ2n) is 4.89. The summed E-state index contributed by atoms with van der Waals surface area (Å²) >= 11 is 12.3. The van der Waals surface area contributed by atoms with Crippen LogP contribution >= 0.6 is 23.2 Å². The highest BCUT2D eigenvalue weighted by molar-refractivity contribution is 6.33. The Bertz CT molecular complexity index is 759. The Labute approximate surface area is 128 Å². The first kappa shape index (κ1) is 13.5. The van der Waals surface area contributed by atoms with E-state index in [2.05, 4.69) is 42.0 Å². The maximum Gasteiger partial charge on any atom is 0.0515 e. The Morgan fingerprint density at radius 2 is 1.85 bits per heavy atom. The van der Waals surface area contributed by atoms with Gasteiger partial charge in [-0.05, 0) is 47.2 Å². The van der Waals surface area contributed by atoms with Crippen LogP contribution in [0.4, 0.5) is 0 Å². The number of para-hydroxylation sites is 1. The normalized spacial score (nSPS) is 11.2. The first-order valence-electron chi connectivity index (χ1n) is 6.69. The van der Waals surface area contributed by atoms with Gasteiger partial charge < -0.3 is 4.57 Å². The van der Waals surface area contributed by atoms with Crippen LogP contribution in [0, 0.1) is 0 Å². The van der Waals surface area contributed by atoms with Crippen molar-refractivity contribution >= 4 is 34.1 Å². The lowest BCUT2D eigenvalue weighted by Gasteiger charge is -2.10. The van der Waals surface area contributed by atoms with E-state index in [0.717, 1.165) is 28.6 Å². The van der Waals surface area contributed by atoms with Crippen LogP contribution in [0.5, 0.6) is 0 Å². The zero-order valence-electron chi connectivity index (χ0n) is 11.2. The molecule has 0 fully saturated rings. The lowest BCUT2D eigenvalue weighted by atomic mass is 10.1. The first-order chi connectivity index (χ1) is 9.69. The molecular weight excluding hydrogens is 289 g/mol. The maximum atomic E-state index is 6.27. The van der Waals surface area contributed by atoms with Gasteiger partial charge >= 0.3 is 0 Å². The van der Waals surface area contributed by atoms with E-state index in [-0.39, 0.29) is 0 Å². The third-order valence-corrected chi connectivity index (χ3v) is 4.21. The topological polar surface area (TPSA) is 4.93 Å². The van der Waals surface area contributed by atoms with Gasteiger partial charge in [-0.1, -0.05) is 48.3 Å². The van der Waals surface area contributed by atoms with Gasteiger partial charge in [-0.15, -0.1) is 0 Å². The summed E-state index contributed by atoms with van der Waals surface area (Å²) in [5, 5.41) is 2.74. The fraction of sp³-hybridized carbons (Fsp3) is 0.176. The average molecular weight is 304 g/mol. The molecule has 1 aromatic heterocycles. The van der Waals surface area contributed by atoms with E-state index in [1.165, 1.54) is 16.5 Å². The van der Waals surface area contributed by atoms with Crippen molar-refractivity contribution in [3.8, 4) is 0 Å².